The van der Waals surface area contributed by atoms with Gasteiger partial charge in [0.15, 0.2) is 0 Å². The lowest BCUT2D eigenvalue weighted by Gasteiger charge is -2.47. The molecule has 0 saturated heterocycles. The Morgan fingerprint density at radius 3 is 0.956 bits per heavy atom. The van der Waals surface area contributed by atoms with Crippen LogP contribution in [0.5, 0.6) is 34.5 Å². The van der Waals surface area contributed by atoms with E-state index >= 15 is 0 Å². The predicted molar refractivity (Wildman–Crippen MR) is 480 cm³/mol. The molecule has 0 amide bonds. The molecule has 0 spiro atoms. The average Bonchev–Trinajstić information content (AvgIpc) is 0.680. The van der Waals surface area contributed by atoms with Crippen LogP contribution in [0.2, 0.25) is 0 Å². The summed E-state index contributed by atoms with van der Waals surface area (Å²) < 4.78 is 22.4. The van der Waals surface area contributed by atoms with Crippen LogP contribution in [0.3, 0.4) is 0 Å². The molecule has 0 atom stereocenters. The molecule has 6 aliphatic rings. The second-order valence-electron chi connectivity index (χ2n) is 32.6. The van der Waals surface area contributed by atoms with Crippen molar-refractivity contribution in [3.63, 3.8) is 0 Å². The predicted octanol–water partition coefficient (Wildman–Crippen LogP) is 21.3. The maximum Gasteiger partial charge on any atom is 0.260 e. The molecule has 1 N–H and O–H groups in total. The van der Waals surface area contributed by atoms with Crippen LogP contribution in [0.4, 0.5) is 96.7 Å². The van der Waals surface area contributed by atoms with Gasteiger partial charge in [0.25, 0.3) is 20.1 Å². The summed E-state index contributed by atoms with van der Waals surface area (Å²) >= 11 is 0. The van der Waals surface area contributed by atoms with E-state index in [1.54, 1.807) is 0 Å². The van der Waals surface area contributed by atoms with Gasteiger partial charge in [-0.15, -0.1) is 0 Å². The molecule has 0 saturated carbocycles. The Bertz CT molecular complexity index is 6020. The van der Waals surface area contributed by atoms with Crippen LogP contribution in [0.15, 0.2) is 279 Å². The first-order chi connectivity index (χ1) is 55.4. The van der Waals surface area contributed by atoms with Crippen molar-refractivity contribution in [1.82, 2.24) is 0 Å². The van der Waals surface area contributed by atoms with E-state index < -0.39 is 0 Å². The molecule has 0 fully saturated rings. The van der Waals surface area contributed by atoms with E-state index in [-0.39, 0.29) is 20.1 Å². The number of ether oxygens (including phenoxy) is 3. The molecule has 548 valence electrons. The maximum atomic E-state index is 7.84. The molecular formula is C102H83B3N6O3. The van der Waals surface area contributed by atoms with Gasteiger partial charge in [-0.05, 0) is 258 Å². The fourth-order valence-corrected chi connectivity index (χ4v) is 19.4. The van der Waals surface area contributed by atoms with Crippen LogP contribution in [0.1, 0.15) is 66.8 Å². The summed E-state index contributed by atoms with van der Waals surface area (Å²) in [6.45, 7) is 25.7. The lowest BCUT2D eigenvalue weighted by atomic mass is 9.29. The Labute approximate surface area is 669 Å². The molecule has 0 bridgehead atoms. The number of anilines is 17. The summed E-state index contributed by atoms with van der Waals surface area (Å²) in [5, 5.41) is 4.25. The first-order valence-corrected chi connectivity index (χ1v) is 39.8. The van der Waals surface area contributed by atoms with Crippen LogP contribution in [-0.2, 0) is 0 Å². The number of hydrogen-bond donors (Lipinski definition) is 1. The van der Waals surface area contributed by atoms with Gasteiger partial charge < -0.3 is 44.0 Å². The van der Waals surface area contributed by atoms with Gasteiger partial charge in [-0.1, -0.05) is 190 Å². The lowest BCUT2D eigenvalue weighted by Crippen LogP contribution is -2.65. The maximum absolute atomic E-state index is 7.84. The zero-order valence-corrected chi connectivity index (χ0v) is 66.3. The van der Waals surface area contributed by atoms with Crippen molar-refractivity contribution >= 4 is 166 Å². The Kier molecular flexibility index (Phi) is 15.8. The third-order valence-electron chi connectivity index (χ3n) is 24.4. The van der Waals surface area contributed by atoms with Crippen molar-refractivity contribution in [2.24, 2.45) is 0 Å². The van der Waals surface area contributed by atoms with Crippen molar-refractivity contribution in [3.8, 4) is 34.5 Å². The number of nitrogens with one attached hydrogen (secondary N) is 1. The zero-order chi connectivity index (χ0) is 77.4. The molecule has 15 aromatic rings. The minimum atomic E-state index is -0.353. The highest BCUT2D eigenvalue weighted by Gasteiger charge is 2.50. The molecule has 6 aliphatic heterocycles. The normalized spacial score (nSPS) is 13.1. The molecule has 0 aliphatic carbocycles. The van der Waals surface area contributed by atoms with Gasteiger partial charge in [0.2, 0.25) is 0 Å². The molecule has 21 rings (SSSR count). The molecule has 0 aromatic heterocycles. The highest BCUT2D eigenvalue weighted by Crippen LogP contribution is 2.54. The van der Waals surface area contributed by atoms with Crippen molar-refractivity contribution < 1.29 is 14.2 Å². The Morgan fingerprint density at radius 1 is 0.228 bits per heavy atom. The van der Waals surface area contributed by atoms with E-state index in [0.29, 0.717) is 0 Å². The average molecular weight is 1470 g/mol. The number of para-hydroxylation sites is 2. The van der Waals surface area contributed by atoms with Gasteiger partial charge in [-0.25, -0.2) is 0 Å². The summed E-state index contributed by atoms with van der Waals surface area (Å²) in [6, 6.07) is 104. The molecular weight excluding hydrogens is 1390 g/mol. The number of rotatable bonds is 11. The first kappa shape index (κ1) is 68.7. The number of hydrogen-bond acceptors (Lipinski definition) is 9. The van der Waals surface area contributed by atoms with Gasteiger partial charge in [-0.2, -0.15) is 0 Å². The van der Waals surface area contributed by atoms with Crippen LogP contribution in [0.25, 0.3) is 0 Å². The Morgan fingerprint density at radius 2 is 0.553 bits per heavy atom. The lowest BCUT2D eigenvalue weighted by molar-refractivity contribution is 0.465. The van der Waals surface area contributed by atoms with E-state index in [2.05, 4.69) is 392 Å². The molecule has 0 radical (unpaired) electrons. The molecule has 6 heterocycles. The summed E-state index contributed by atoms with van der Waals surface area (Å²) in [4.78, 5) is 12.4. The molecule has 0 unspecified atom stereocenters. The van der Waals surface area contributed by atoms with Crippen LogP contribution < -0.4 is 93.2 Å². The first-order valence-electron chi connectivity index (χ1n) is 39.8. The van der Waals surface area contributed by atoms with Crippen LogP contribution in [-0.4, -0.2) is 20.1 Å². The van der Waals surface area contributed by atoms with Gasteiger partial charge >= 0.3 is 0 Å². The van der Waals surface area contributed by atoms with E-state index in [1.165, 1.54) is 88.6 Å². The summed E-state index contributed by atoms with van der Waals surface area (Å²) in [7, 11) is 0. The number of nitrogens with zero attached hydrogens (tertiary/aromatic N) is 5. The van der Waals surface area contributed by atoms with E-state index in [1.807, 2.05) is 0 Å². The van der Waals surface area contributed by atoms with Crippen molar-refractivity contribution in [3.05, 3.63) is 346 Å². The van der Waals surface area contributed by atoms with E-state index in [0.717, 1.165) is 158 Å². The minimum Gasteiger partial charge on any atom is -0.458 e. The second-order valence-corrected chi connectivity index (χ2v) is 32.6. The Balaban J connectivity index is 0.863. The summed E-state index contributed by atoms with van der Waals surface area (Å²) in [6.07, 6.45) is 0. The third-order valence-corrected chi connectivity index (χ3v) is 24.4. The molecule has 114 heavy (non-hydrogen) atoms. The van der Waals surface area contributed by atoms with Crippen LogP contribution in [0, 0.1) is 83.1 Å². The fraction of sp³-hybridized carbons (Fsp3) is 0.118. The summed E-state index contributed by atoms with van der Waals surface area (Å²) in [5.74, 6) is 4.80. The summed E-state index contributed by atoms with van der Waals surface area (Å²) in [5.41, 5.74) is 42.3. The van der Waals surface area contributed by atoms with E-state index in [9.17, 15) is 0 Å². The SMILES string of the molecule is Cc1ccc(N(c2ccc(C)cc2)c2cc3c4c(c2)Oc2ccccc2B4c2cc4c(cc2N3)N(c2c(C)cc(C)cc2C)c2cc(N(c3ccc(C)cc3)c3ccc(C)cc3)cc3c2B4c2cc4c(cc2N3c2c(C)cc(C)cc2C)Oc2cc(N(c3ccc(C)cc3)c3ccc(C)cc3)cc3c2B4c2ccccc2O3)cc1. The number of aryl methyl sites for hydroxylation is 12. The second kappa shape index (κ2) is 26.2. The molecule has 12 heteroatoms. The number of fused-ring (bicyclic) bond motifs is 12. The topological polar surface area (TPSA) is 55.9 Å². The highest BCUT2D eigenvalue weighted by molar-refractivity contribution is 7.04. The van der Waals surface area contributed by atoms with Gasteiger partial charge in [0.05, 0.1) is 28.4 Å². The minimum absolute atomic E-state index is 0.222. The molecule has 9 nitrogen and oxygen atoms in total. The van der Waals surface area contributed by atoms with E-state index in [4.69, 9.17) is 14.2 Å². The van der Waals surface area contributed by atoms with Gasteiger partial charge in [0.1, 0.15) is 34.5 Å². The Hall–Kier alpha value is -13.3. The van der Waals surface area contributed by atoms with Crippen molar-refractivity contribution in [1.29, 1.82) is 0 Å². The quantitative estimate of drug-likeness (QED) is 0.128. The zero-order valence-electron chi connectivity index (χ0n) is 66.3. The standard InChI is InChI=1S/C102H83B3N6O3/c1-59-21-33-71(34-22-59)107(72-35-23-60(2)24-36-72)77-49-87-98-95(52-77)112-92-19-15-13-17-80(92)103(98)82-55-83-88(57-86(82)106-87)110(101-67(9)45-65(7)46-68(101)10)90-50-78(108(73-37-25-61(3)26-38-73)74-39-27-62(4)28-40-74)51-91-99(90)105(83)84-56-85-94(58-89(84)111(91)102-69(11)47-66(8)48-70(102)12)114-97-54-79(53-96-100(97)104(85)81-18-14-16-20-93(81)113-96)109(75-41-29-63(5)30-42-75)76-43-31-64(6)32-44-76/h13-58,106H,1-12H3. The monoisotopic (exact) mass is 1470 g/mol. The van der Waals surface area contributed by atoms with Gasteiger partial charge in [0, 0.05) is 98.0 Å². The highest BCUT2D eigenvalue weighted by atomic mass is 16.5. The van der Waals surface area contributed by atoms with Crippen LogP contribution >= 0.6 is 0 Å². The largest absolute Gasteiger partial charge is 0.458 e. The van der Waals surface area contributed by atoms with Crippen molar-refractivity contribution in [2.75, 3.05) is 29.8 Å². The molecule has 15 aromatic carbocycles. The fourth-order valence-electron chi connectivity index (χ4n) is 19.4. The number of benzene rings is 15. The smallest absolute Gasteiger partial charge is 0.260 e. The third kappa shape index (κ3) is 11.0. The van der Waals surface area contributed by atoms with Crippen molar-refractivity contribution in [2.45, 2.75) is 83.1 Å². The van der Waals surface area contributed by atoms with Gasteiger partial charge in [-0.3, -0.25) is 0 Å².